The van der Waals surface area contributed by atoms with E-state index in [9.17, 15) is 19.5 Å². The van der Waals surface area contributed by atoms with Crippen LogP contribution >= 0.6 is 0 Å². The monoisotopic (exact) mass is 320 g/mol. The SMILES string of the molecule is CC(C)(C)OC(=O)NCC(=O)N1c2ccccc2C[C@H]1C(=O)O. The van der Waals surface area contributed by atoms with Crippen LogP contribution in [0.4, 0.5) is 10.5 Å². The van der Waals surface area contributed by atoms with E-state index in [1.165, 1.54) is 4.90 Å². The van der Waals surface area contributed by atoms with Gasteiger partial charge in [-0.25, -0.2) is 9.59 Å². The third-order valence-electron chi connectivity index (χ3n) is 3.31. The van der Waals surface area contributed by atoms with E-state index >= 15 is 0 Å². The number of alkyl carbamates (subject to hydrolysis) is 1. The molecule has 7 heteroatoms. The molecule has 0 bridgehead atoms. The Balaban J connectivity index is 2.08. The Bertz CT molecular complexity index is 636. The lowest BCUT2D eigenvalue weighted by atomic mass is 10.1. The van der Waals surface area contributed by atoms with Crippen molar-refractivity contribution >= 4 is 23.7 Å². The van der Waals surface area contributed by atoms with E-state index in [1.54, 1.807) is 45.0 Å². The van der Waals surface area contributed by atoms with Gasteiger partial charge in [-0.05, 0) is 32.4 Å². The van der Waals surface area contributed by atoms with E-state index < -0.39 is 29.6 Å². The number of carboxylic acid groups (broad SMARTS) is 1. The summed E-state index contributed by atoms with van der Waals surface area (Å²) in [6, 6.07) is 6.07. The van der Waals surface area contributed by atoms with Crippen molar-refractivity contribution in [2.45, 2.75) is 38.8 Å². The smallest absolute Gasteiger partial charge is 0.408 e. The molecule has 1 aliphatic heterocycles. The molecule has 2 N–H and O–H groups in total. The van der Waals surface area contributed by atoms with Gasteiger partial charge in [-0.15, -0.1) is 0 Å². The van der Waals surface area contributed by atoms with Crippen molar-refractivity contribution in [3.8, 4) is 0 Å². The zero-order chi connectivity index (χ0) is 17.2. The molecule has 2 rings (SSSR count). The summed E-state index contributed by atoms with van der Waals surface area (Å²) in [5.74, 6) is -1.57. The maximum Gasteiger partial charge on any atom is 0.408 e. The van der Waals surface area contributed by atoms with Crippen LogP contribution in [0.2, 0.25) is 0 Å². The number of carboxylic acids is 1. The van der Waals surface area contributed by atoms with Gasteiger partial charge in [0.1, 0.15) is 18.2 Å². The van der Waals surface area contributed by atoms with Gasteiger partial charge in [-0.3, -0.25) is 9.69 Å². The third-order valence-corrected chi connectivity index (χ3v) is 3.31. The molecule has 1 aromatic carbocycles. The fraction of sp³-hybridized carbons (Fsp3) is 0.438. The number of carbonyl (C=O) groups is 3. The van der Waals surface area contributed by atoms with Crippen molar-refractivity contribution < 1.29 is 24.2 Å². The third kappa shape index (κ3) is 4.00. The lowest BCUT2D eigenvalue weighted by Gasteiger charge is -2.24. The van der Waals surface area contributed by atoms with Gasteiger partial charge in [0.2, 0.25) is 5.91 Å². The van der Waals surface area contributed by atoms with Crippen molar-refractivity contribution in [2.75, 3.05) is 11.4 Å². The number of amides is 2. The first-order valence-electron chi connectivity index (χ1n) is 7.28. The number of rotatable bonds is 3. The van der Waals surface area contributed by atoms with Crippen LogP contribution in [0, 0.1) is 0 Å². The van der Waals surface area contributed by atoms with Crippen LogP contribution in [-0.4, -0.2) is 41.3 Å². The Morgan fingerprint density at radius 1 is 1.30 bits per heavy atom. The second kappa shape index (κ2) is 6.28. The van der Waals surface area contributed by atoms with Gasteiger partial charge in [0.15, 0.2) is 0 Å². The summed E-state index contributed by atoms with van der Waals surface area (Å²) >= 11 is 0. The minimum atomic E-state index is -1.08. The van der Waals surface area contributed by atoms with Crippen LogP contribution in [-0.2, 0) is 20.7 Å². The summed E-state index contributed by atoms with van der Waals surface area (Å²) in [4.78, 5) is 36.6. The second-order valence-electron chi connectivity index (χ2n) is 6.31. The van der Waals surface area contributed by atoms with Crippen LogP contribution < -0.4 is 10.2 Å². The molecule has 0 aromatic heterocycles. The summed E-state index contributed by atoms with van der Waals surface area (Å²) in [6.07, 6.45) is -0.464. The zero-order valence-electron chi connectivity index (χ0n) is 13.3. The Labute approximate surface area is 134 Å². The van der Waals surface area contributed by atoms with Crippen molar-refractivity contribution in [1.82, 2.24) is 5.32 Å². The largest absolute Gasteiger partial charge is 0.480 e. The Morgan fingerprint density at radius 3 is 2.57 bits per heavy atom. The van der Waals surface area contributed by atoms with Crippen LogP contribution in [0.25, 0.3) is 0 Å². The molecule has 0 saturated carbocycles. The summed E-state index contributed by atoms with van der Waals surface area (Å²) in [6.45, 7) is 4.82. The zero-order valence-corrected chi connectivity index (χ0v) is 13.3. The number of para-hydroxylation sites is 1. The van der Waals surface area contributed by atoms with Crippen molar-refractivity contribution in [2.24, 2.45) is 0 Å². The minimum absolute atomic E-state index is 0.254. The molecule has 1 heterocycles. The van der Waals surface area contributed by atoms with Gasteiger partial charge in [0.05, 0.1) is 0 Å². The Kier molecular flexibility index (Phi) is 4.58. The van der Waals surface area contributed by atoms with Crippen molar-refractivity contribution in [3.05, 3.63) is 29.8 Å². The number of fused-ring (bicyclic) bond motifs is 1. The van der Waals surface area contributed by atoms with E-state index in [2.05, 4.69) is 5.32 Å². The molecule has 7 nitrogen and oxygen atoms in total. The second-order valence-corrected chi connectivity index (χ2v) is 6.31. The highest BCUT2D eigenvalue weighted by molar-refractivity contribution is 6.03. The van der Waals surface area contributed by atoms with E-state index in [-0.39, 0.29) is 13.0 Å². The van der Waals surface area contributed by atoms with Crippen molar-refractivity contribution in [1.29, 1.82) is 0 Å². The molecular formula is C16H20N2O5. The highest BCUT2D eigenvalue weighted by Crippen LogP contribution is 2.32. The summed E-state index contributed by atoms with van der Waals surface area (Å²) in [7, 11) is 0. The molecule has 0 spiro atoms. The lowest BCUT2D eigenvalue weighted by Crippen LogP contribution is -2.47. The molecule has 0 unspecified atom stereocenters. The van der Waals surface area contributed by atoms with Gasteiger partial charge in [0.25, 0.3) is 0 Å². The molecule has 0 fully saturated rings. The van der Waals surface area contributed by atoms with Gasteiger partial charge >= 0.3 is 12.1 Å². The Hall–Kier alpha value is -2.57. The van der Waals surface area contributed by atoms with Crippen LogP contribution in [0.5, 0.6) is 0 Å². The quantitative estimate of drug-likeness (QED) is 0.881. The number of nitrogens with one attached hydrogen (secondary N) is 1. The molecule has 0 saturated heterocycles. The number of hydrogen-bond donors (Lipinski definition) is 2. The first-order chi connectivity index (χ1) is 10.7. The molecule has 23 heavy (non-hydrogen) atoms. The number of carbonyl (C=O) groups excluding carboxylic acids is 2. The molecule has 0 radical (unpaired) electrons. The molecule has 2 amide bonds. The molecule has 124 valence electrons. The number of ether oxygens (including phenoxy) is 1. The minimum Gasteiger partial charge on any atom is -0.480 e. The van der Waals surface area contributed by atoms with Gasteiger partial charge in [-0.2, -0.15) is 0 Å². The van der Waals surface area contributed by atoms with Crippen LogP contribution in [0.1, 0.15) is 26.3 Å². The predicted molar refractivity (Wildman–Crippen MR) is 83.3 cm³/mol. The fourth-order valence-corrected chi connectivity index (χ4v) is 2.44. The highest BCUT2D eigenvalue weighted by Gasteiger charge is 2.38. The normalized spacial score (nSPS) is 16.7. The van der Waals surface area contributed by atoms with Gasteiger partial charge in [-0.1, -0.05) is 18.2 Å². The Morgan fingerprint density at radius 2 is 1.96 bits per heavy atom. The van der Waals surface area contributed by atoms with Crippen molar-refractivity contribution in [3.63, 3.8) is 0 Å². The van der Waals surface area contributed by atoms with Crippen LogP contribution in [0.15, 0.2) is 24.3 Å². The van der Waals surface area contributed by atoms with Gasteiger partial charge in [0, 0.05) is 12.1 Å². The van der Waals surface area contributed by atoms with Gasteiger partial charge < -0.3 is 15.2 Å². The maximum atomic E-state index is 12.4. The van der Waals surface area contributed by atoms with E-state index in [1.807, 2.05) is 0 Å². The fourth-order valence-electron chi connectivity index (χ4n) is 2.44. The molecular weight excluding hydrogens is 300 g/mol. The number of aliphatic carboxylic acids is 1. The number of anilines is 1. The average Bonchev–Trinajstić information content (AvgIpc) is 2.82. The standard InChI is InChI=1S/C16H20N2O5/c1-16(2,3)23-15(22)17-9-13(19)18-11-7-5-4-6-10(11)8-12(18)14(20)21/h4-7,12H,8-9H2,1-3H3,(H,17,22)(H,20,21)/t12-/m0/s1. The number of benzene rings is 1. The summed E-state index contributed by atoms with van der Waals surface area (Å²) < 4.78 is 5.06. The average molecular weight is 320 g/mol. The van der Waals surface area contributed by atoms with Crippen LogP contribution in [0.3, 0.4) is 0 Å². The molecule has 1 aliphatic rings. The number of nitrogens with zero attached hydrogens (tertiary/aromatic N) is 1. The molecule has 1 aromatic rings. The van der Waals surface area contributed by atoms with E-state index in [4.69, 9.17) is 4.74 Å². The molecule has 0 aliphatic carbocycles. The first-order valence-corrected chi connectivity index (χ1v) is 7.28. The lowest BCUT2D eigenvalue weighted by molar-refractivity contribution is -0.139. The maximum absolute atomic E-state index is 12.4. The number of hydrogen-bond acceptors (Lipinski definition) is 4. The summed E-state index contributed by atoms with van der Waals surface area (Å²) in [5, 5.41) is 11.7. The predicted octanol–water partition coefficient (Wildman–Crippen LogP) is 1.55. The summed E-state index contributed by atoms with van der Waals surface area (Å²) in [5.41, 5.74) is 0.693. The molecule has 1 atom stereocenters. The highest BCUT2D eigenvalue weighted by atomic mass is 16.6. The van der Waals surface area contributed by atoms with E-state index in [0.717, 1.165) is 5.56 Å². The first kappa shape index (κ1) is 16.8. The topological polar surface area (TPSA) is 95.9 Å². The van der Waals surface area contributed by atoms with E-state index in [0.29, 0.717) is 5.69 Å².